The number of halogens is 2. The molecule has 104 valence electrons. The second-order valence-corrected chi connectivity index (χ2v) is 5.32. The first kappa shape index (κ1) is 13.9. The fourth-order valence-electron chi connectivity index (χ4n) is 1.97. The lowest BCUT2D eigenvalue weighted by Gasteiger charge is -2.02. The van der Waals surface area contributed by atoms with Gasteiger partial charge in [-0.15, -0.1) is 0 Å². The van der Waals surface area contributed by atoms with Crippen LogP contribution >= 0.6 is 23.2 Å². The molecule has 3 aromatic rings. The van der Waals surface area contributed by atoms with Crippen molar-refractivity contribution in [3.63, 3.8) is 0 Å². The van der Waals surface area contributed by atoms with Crippen LogP contribution in [0.3, 0.4) is 0 Å². The van der Waals surface area contributed by atoms with E-state index in [9.17, 15) is 4.79 Å². The van der Waals surface area contributed by atoms with Crippen LogP contribution in [0.2, 0.25) is 5.02 Å². The molecule has 0 fully saturated rings. The Hall–Kier alpha value is -2.10. The van der Waals surface area contributed by atoms with Gasteiger partial charge in [0.15, 0.2) is 0 Å². The van der Waals surface area contributed by atoms with Crippen molar-refractivity contribution in [2.75, 3.05) is 0 Å². The number of fused-ring (bicyclic) bond motifs is 1. The van der Waals surface area contributed by atoms with Gasteiger partial charge in [-0.3, -0.25) is 4.79 Å². The van der Waals surface area contributed by atoms with Crippen LogP contribution in [0.4, 0.5) is 0 Å². The molecule has 21 heavy (non-hydrogen) atoms. The summed E-state index contributed by atoms with van der Waals surface area (Å²) in [5.74, 6) is 0. The van der Waals surface area contributed by atoms with Gasteiger partial charge in [-0.1, -0.05) is 47.5 Å². The Kier molecular flexibility index (Phi) is 3.78. The number of benzene rings is 2. The van der Waals surface area contributed by atoms with Gasteiger partial charge < -0.3 is 4.98 Å². The minimum absolute atomic E-state index is 0.199. The van der Waals surface area contributed by atoms with Crippen molar-refractivity contribution >= 4 is 45.3 Å². The zero-order chi connectivity index (χ0) is 14.8. The first-order valence-corrected chi connectivity index (χ1v) is 7.01. The Morgan fingerprint density at radius 3 is 2.57 bits per heavy atom. The molecule has 5 heteroatoms. The van der Waals surface area contributed by atoms with Crippen LogP contribution in [-0.2, 0) is 0 Å². The van der Waals surface area contributed by atoms with Gasteiger partial charge in [-0.2, -0.15) is 0 Å². The summed E-state index contributed by atoms with van der Waals surface area (Å²) in [4.78, 5) is 19.1. The molecule has 0 bridgehead atoms. The predicted octanol–water partition coefficient (Wildman–Crippen LogP) is 4.31. The van der Waals surface area contributed by atoms with E-state index < -0.39 is 0 Å². The van der Waals surface area contributed by atoms with E-state index in [-0.39, 0.29) is 16.3 Å². The van der Waals surface area contributed by atoms with Crippen LogP contribution in [0.1, 0.15) is 11.3 Å². The van der Waals surface area contributed by atoms with Gasteiger partial charge in [0, 0.05) is 5.02 Å². The molecular weight excluding hydrogens is 307 g/mol. The number of para-hydroxylation sites is 2. The molecule has 2 aromatic carbocycles. The molecule has 3 nitrogen and oxygen atoms in total. The molecular formula is C16H10Cl2N2O. The fraction of sp³-hybridized carbons (Fsp3) is 0. The first-order valence-electron chi connectivity index (χ1n) is 6.26. The summed E-state index contributed by atoms with van der Waals surface area (Å²) in [5, 5.41) is 0.925. The van der Waals surface area contributed by atoms with Crippen molar-refractivity contribution in [2.45, 2.75) is 0 Å². The van der Waals surface area contributed by atoms with Gasteiger partial charge in [-0.25, -0.2) is 4.98 Å². The molecule has 1 N–H and O–H groups in total. The summed E-state index contributed by atoms with van der Waals surface area (Å²) < 4.78 is 0. The molecule has 0 amide bonds. The molecule has 3 rings (SSSR count). The number of aromatic amines is 1. The molecule has 1 aromatic heterocycles. The summed E-state index contributed by atoms with van der Waals surface area (Å²) >= 11 is 12.1. The monoisotopic (exact) mass is 316 g/mol. The van der Waals surface area contributed by atoms with Crippen molar-refractivity contribution in [3.8, 4) is 0 Å². The molecule has 0 atom stereocenters. The van der Waals surface area contributed by atoms with E-state index in [2.05, 4.69) is 9.97 Å². The van der Waals surface area contributed by atoms with Crippen molar-refractivity contribution in [2.24, 2.45) is 0 Å². The number of rotatable bonds is 2. The van der Waals surface area contributed by atoms with E-state index in [1.165, 1.54) is 0 Å². The van der Waals surface area contributed by atoms with Crippen LogP contribution in [0, 0.1) is 0 Å². The van der Waals surface area contributed by atoms with Crippen LogP contribution in [0.25, 0.3) is 22.1 Å². The molecule has 0 radical (unpaired) electrons. The van der Waals surface area contributed by atoms with Crippen molar-refractivity contribution in [1.29, 1.82) is 0 Å². The normalized spacial score (nSPS) is 11.8. The Bertz CT molecular complexity index is 883. The molecule has 0 saturated heterocycles. The third kappa shape index (κ3) is 2.99. The zero-order valence-electron chi connectivity index (χ0n) is 10.8. The quantitative estimate of drug-likeness (QED) is 0.765. The smallest absolute Gasteiger partial charge is 0.275 e. The van der Waals surface area contributed by atoms with E-state index >= 15 is 0 Å². The number of nitrogens with zero attached hydrogens (tertiary/aromatic N) is 1. The van der Waals surface area contributed by atoms with E-state index in [1.54, 1.807) is 24.3 Å². The topological polar surface area (TPSA) is 45.8 Å². The Morgan fingerprint density at radius 1 is 1.10 bits per heavy atom. The van der Waals surface area contributed by atoms with Crippen molar-refractivity contribution in [3.05, 3.63) is 75.2 Å². The van der Waals surface area contributed by atoms with Gasteiger partial charge >= 0.3 is 0 Å². The van der Waals surface area contributed by atoms with E-state index in [0.29, 0.717) is 16.1 Å². The molecule has 0 saturated carbocycles. The molecule has 1 heterocycles. The highest BCUT2D eigenvalue weighted by atomic mass is 35.5. The van der Waals surface area contributed by atoms with Gasteiger partial charge in [0.2, 0.25) is 0 Å². The van der Waals surface area contributed by atoms with Gasteiger partial charge in [0.1, 0.15) is 5.69 Å². The molecule has 0 spiro atoms. The number of hydrogen-bond acceptors (Lipinski definition) is 2. The van der Waals surface area contributed by atoms with Crippen LogP contribution in [0.5, 0.6) is 0 Å². The Labute approximate surface area is 130 Å². The number of nitrogens with one attached hydrogen (secondary N) is 1. The van der Waals surface area contributed by atoms with Gasteiger partial charge in [0.25, 0.3) is 5.56 Å². The van der Waals surface area contributed by atoms with Crippen molar-refractivity contribution in [1.82, 2.24) is 9.97 Å². The largest absolute Gasteiger partial charge is 0.319 e. The number of aromatic nitrogens is 2. The maximum absolute atomic E-state index is 12.1. The maximum Gasteiger partial charge on any atom is 0.275 e. The zero-order valence-corrected chi connectivity index (χ0v) is 12.3. The molecule has 0 unspecified atom stereocenters. The Balaban J connectivity index is 2.08. The maximum atomic E-state index is 12.1. The minimum atomic E-state index is -0.316. The van der Waals surface area contributed by atoms with Crippen LogP contribution in [0.15, 0.2) is 53.3 Å². The lowest BCUT2D eigenvalue weighted by molar-refractivity contribution is 1.19. The van der Waals surface area contributed by atoms with E-state index in [4.69, 9.17) is 23.2 Å². The number of hydrogen-bond donors (Lipinski definition) is 1. The minimum Gasteiger partial charge on any atom is -0.319 e. The second kappa shape index (κ2) is 5.72. The van der Waals surface area contributed by atoms with Gasteiger partial charge in [-0.05, 0) is 35.9 Å². The second-order valence-electron chi connectivity index (χ2n) is 4.48. The summed E-state index contributed by atoms with van der Waals surface area (Å²) in [6.07, 6.45) is 1.68. The Morgan fingerprint density at radius 2 is 1.81 bits per heavy atom. The predicted molar refractivity (Wildman–Crippen MR) is 87.5 cm³/mol. The summed E-state index contributed by atoms with van der Waals surface area (Å²) in [6, 6.07) is 14.5. The summed E-state index contributed by atoms with van der Waals surface area (Å²) in [5.41, 5.74) is 2.10. The average molecular weight is 317 g/mol. The summed E-state index contributed by atoms with van der Waals surface area (Å²) in [7, 11) is 0. The summed E-state index contributed by atoms with van der Waals surface area (Å²) in [6.45, 7) is 0. The lowest BCUT2D eigenvalue weighted by Crippen LogP contribution is -2.13. The SMILES string of the molecule is O=c1[nH]c2ccccc2nc1/C(Cl)=C/c1ccc(Cl)cc1. The first-order chi connectivity index (χ1) is 10.1. The van der Waals surface area contributed by atoms with Gasteiger partial charge in [0.05, 0.1) is 16.1 Å². The third-order valence-electron chi connectivity index (χ3n) is 2.99. The van der Waals surface area contributed by atoms with E-state index in [1.807, 2.05) is 30.3 Å². The standard InChI is InChI=1S/C16H10Cl2N2O/c17-11-7-5-10(6-8-11)9-12(18)15-16(21)20-14-4-2-1-3-13(14)19-15/h1-9H,(H,20,21)/b12-9-. The van der Waals surface area contributed by atoms with Crippen LogP contribution in [-0.4, -0.2) is 9.97 Å². The highest BCUT2D eigenvalue weighted by Gasteiger charge is 2.08. The fourth-order valence-corrected chi connectivity index (χ4v) is 2.35. The third-order valence-corrected chi connectivity index (χ3v) is 3.53. The highest BCUT2D eigenvalue weighted by molar-refractivity contribution is 6.51. The molecule has 0 aliphatic heterocycles. The average Bonchev–Trinajstić information content (AvgIpc) is 2.49. The molecule has 0 aliphatic rings. The highest BCUT2D eigenvalue weighted by Crippen LogP contribution is 2.20. The number of H-pyrrole nitrogens is 1. The van der Waals surface area contributed by atoms with Crippen LogP contribution < -0.4 is 5.56 Å². The van der Waals surface area contributed by atoms with E-state index in [0.717, 1.165) is 5.56 Å². The molecule has 0 aliphatic carbocycles. The lowest BCUT2D eigenvalue weighted by atomic mass is 10.2. The van der Waals surface area contributed by atoms with Crippen molar-refractivity contribution < 1.29 is 0 Å².